The van der Waals surface area contributed by atoms with Crippen LogP contribution in [0, 0.1) is 0 Å². The zero-order chi connectivity index (χ0) is 21.6. The van der Waals surface area contributed by atoms with E-state index < -0.39 is 12.1 Å². The van der Waals surface area contributed by atoms with Crippen LogP contribution in [0.15, 0.2) is 87.5 Å². The van der Waals surface area contributed by atoms with Crippen molar-refractivity contribution >= 4 is 51.7 Å². The van der Waals surface area contributed by atoms with Crippen molar-refractivity contribution in [2.75, 3.05) is 0 Å². The van der Waals surface area contributed by atoms with Gasteiger partial charge in [-0.25, -0.2) is 0 Å². The predicted molar refractivity (Wildman–Crippen MR) is 108 cm³/mol. The second kappa shape index (κ2) is 10.3. The van der Waals surface area contributed by atoms with E-state index in [0.29, 0.717) is 15.1 Å². The van der Waals surface area contributed by atoms with E-state index in [-0.39, 0.29) is 10.9 Å². The van der Waals surface area contributed by atoms with Crippen molar-refractivity contribution in [2.45, 2.75) is 20.9 Å². The summed E-state index contributed by atoms with van der Waals surface area (Å²) >= 11 is 19.0. The highest BCUT2D eigenvalue weighted by Crippen LogP contribution is 2.40. The number of hydrogen-bond donors (Lipinski definition) is 0. The number of carbonyl (C=O) groups excluding carboxylic acids is 1. The average molecular weight is 480 g/mol. The molecule has 0 aliphatic carbocycles. The second-order valence-corrected chi connectivity index (χ2v) is 8.63. The molecule has 0 saturated heterocycles. The molecule has 0 amide bonds. The highest BCUT2D eigenvalue weighted by molar-refractivity contribution is 7.97. The Bertz CT molecular complexity index is 905. The van der Waals surface area contributed by atoms with Crippen LogP contribution in [0.5, 0.6) is 0 Å². The lowest BCUT2D eigenvalue weighted by atomic mass is 10.3. The van der Waals surface area contributed by atoms with E-state index >= 15 is 0 Å². The minimum absolute atomic E-state index is 0.369. The number of alkyl halides is 3. The molecule has 3 aromatic rings. The van der Waals surface area contributed by atoms with Crippen molar-refractivity contribution in [1.29, 1.82) is 0 Å². The van der Waals surface area contributed by atoms with Crippen LogP contribution in [0.4, 0.5) is 13.2 Å². The molecule has 0 aliphatic heterocycles. The minimum Gasteiger partial charge on any atom is -0.542 e. The smallest absolute Gasteiger partial charge is 0.430 e. The molecule has 0 N–H and O–H groups in total. The number of hydrogen-bond acceptors (Lipinski definition) is 2. The molecule has 3 rings (SSSR count). The Hall–Kier alpha value is -1.86. The quantitative estimate of drug-likeness (QED) is 0.430. The summed E-state index contributed by atoms with van der Waals surface area (Å²) in [5.74, 6) is -3.01. The van der Waals surface area contributed by atoms with Crippen molar-refractivity contribution in [2.24, 2.45) is 0 Å². The summed E-state index contributed by atoms with van der Waals surface area (Å²) in [6.07, 6.45) is -5.19. The van der Waals surface area contributed by atoms with Gasteiger partial charge in [0.25, 0.3) is 0 Å². The van der Waals surface area contributed by atoms with Crippen LogP contribution in [-0.4, -0.2) is 12.1 Å². The zero-order valence-corrected chi connectivity index (χ0v) is 17.5. The first-order valence-corrected chi connectivity index (χ1v) is 10.2. The molecule has 0 bridgehead atoms. The SMILES string of the molecule is Clc1cc(Cl)c([S+](c2ccccc2)c2ccccc2)c(Cl)c1.O=C([O-])C(F)(F)F. The highest BCUT2D eigenvalue weighted by Gasteiger charge is 2.33. The second-order valence-electron chi connectivity index (χ2n) is 5.42. The number of aliphatic carboxylic acids is 1. The van der Waals surface area contributed by atoms with Crippen molar-refractivity contribution < 1.29 is 23.1 Å². The summed E-state index contributed by atoms with van der Waals surface area (Å²) in [6.45, 7) is 0. The summed E-state index contributed by atoms with van der Waals surface area (Å²) in [7, 11) is -0.369. The average Bonchev–Trinajstić information content (AvgIpc) is 2.65. The summed E-state index contributed by atoms with van der Waals surface area (Å²) in [5.41, 5.74) is 0. The van der Waals surface area contributed by atoms with E-state index in [1.54, 1.807) is 12.1 Å². The van der Waals surface area contributed by atoms with Gasteiger partial charge in [0.1, 0.15) is 16.9 Å². The Kier molecular flexibility index (Phi) is 8.28. The zero-order valence-electron chi connectivity index (χ0n) is 14.4. The molecule has 152 valence electrons. The Morgan fingerprint density at radius 2 is 1.14 bits per heavy atom. The van der Waals surface area contributed by atoms with E-state index in [1.807, 2.05) is 36.4 Å². The Balaban J connectivity index is 0.000000370. The molecule has 0 heterocycles. The fraction of sp³-hybridized carbons (Fsp3) is 0.0500. The Morgan fingerprint density at radius 3 is 1.45 bits per heavy atom. The van der Waals surface area contributed by atoms with Crippen LogP contribution < -0.4 is 5.11 Å². The Morgan fingerprint density at radius 1 is 0.793 bits per heavy atom. The van der Waals surface area contributed by atoms with Gasteiger partial charge in [0.15, 0.2) is 9.79 Å². The van der Waals surface area contributed by atoms with Gasteiger partial charge in [0.2, 0.25) is 4.90 Å². The molecular weight excluding hydrogens is 468 g/mol. The first-order chi connectivity index (χ1) is 13.6. The lowest BCUT2D eigenvalue weighted by Crippen LogP contribution is -2.37. The van der Waals surface area contributed by atoms with Crippen molar-refractivity contribution in [1.82, 2.24) is 0 Å². The lowest BCUT2D eigenvalue weighted by Gasteiger charge is -2.11. The fourth-order valence-corrected chi connectivity index (χ4v) is 5.60. The predicted octanol–water partition coefficient (Wildman–Crippen LogP) is 6.04. The van der Waals surface area contributed by atoms with Gasteiger partial charge in [0, 0.05) is 5.02 Å². The standard InChI is InChI=1S/C18H12Cl3S.C2HF3O2/c19-13-11-16(20)18(17(21)12-13)22(14-7-3-1-4-8-14)15-9-5-2-6-10-15;3-2(4,5)1(6)7/h1-12H;(H,6,7)/q+1;/p-1. The number of carbonyl (C=O) groups is 1. The molecule has 0 spiro atoms. The van der Waals surface area contributed by atoms with Gasteiger partial charge in [0.05, 0.1) is 10.0 Å². The summed E-state index contributed by atoms with van der Waals surface area (Å²) in [5, 5.41) is 10.5. The lowest BCUT2D eigenvalue weighted by molar-refractivity contribution is -0.344. The summed E-state index contributed by atoms with van der Waals surface area (Å²) < 4.78 is 31.5. The number of rotatable bonds is 3. The van der Waals surface area contributed by atoms with Gasteiger partial charge >= 0.3 is 6.18 Å². The molecule has 0 aliphatic rings. The van der Waals surface area contributed by atoms with Gasteiger partial charge in [-0.15, -0.1) is 0 Å². The third-order valence-electron chi connectivity index (χ3n) is 3.36. The summed E-state index contributed by atoms with van der Waals surface area (Å²) in [4.78, 5) is 12.0. The maximum Gasteiger partial charge on any atom is 0.430 e. The first-order valence-electron chi connectivity index (χ1n) is 7.88. The minimum atomic E-state index is -5.19. The molecule has 0 atom stereocenters. The van der Waals surface area contributed by atoms with Gasteiger partial charge in [-0.05, 0) is 36.4 Å². The van der Waals surface area contributed by atoms with Crippen molar-refractivity contribution in [3.63, 3.8) is 0 Å². The monoisotopic (exact) mass is 478 g/mol. The van der Waals surface area contributed by atoms with E-state index in [4.69, 9.17) is 44.7 Å². The molecule has 3 aromatic carbocycles. The van der Waals surface area contributed by atoms with Crippen LogP contribution in [0.25, 0.3) is 0 Å². The first kappa shape index (κ1) is 23.4. The topological polar surface area (TPSA) is 40.1 Å². The molecule has 0 unspecified atom stereocenters. The van der Waals surface area contributed by atoms with Crippen molar-refractivity contribution in [3.05, 3.63) is 87.9 Å². The number of carboxylic acid groups (broad SMARTS) is 1. The fourth-order valence-electron chi connectivity index (χ4n) is 2.21. The van der Waals surface area contributed by atoms with Gasteiger partial charge in [-0.1, -0.05) is 71.2 Å². The van der Waals surface area contributed by atoms with Crippen molar-refractivity contribution in [3.8, 4) is 0 Å². The maximum atomic E-state index is 10.5. The number of halogens is 6. The molecule has 2 nitrogen and oxygen atoms in total. The largest absolute Gasteiger partial charge is 0.542 e. The highest BCUT2D eigenvalue weighted by atomic mass is 35.5. The molecule has 0 aromatic heterocycles. The van der Waals surface area contributed by atoms with E-state index in [1.165, 1.54) is 9.79 Å². The molecule has 0 saturated carbocycles. The molecule has 29 heavy (non-hydrogen) atoms. The van der Waals surface area contributed by atoms with Crippen LogP contribution in [0.3, 0.4) is 0 Å². The molecular formula is C20H12Cl3F3O2S. The third-order valence-corrected chi connectivity index (χ3v) is 6.73. The molecule has 0 fully saturated rings. The maximum absolute atomic E-state index is 10.5. The van der Waals surface area contributed by atoms with E-state index in [9.17, 15) is 13.2 Å². The molecule has 9 heteroatoms. The van der Waals surface area contributed by atoms with Crippen LogP contribution in [-0.2, 0) is 15.7 Å². The van der Waals surface area contributed by atoms with Gasteiger partial charge in [-0.3, -0.25) is 0 Å². The Labute approximate surface area is 183 Å². The van der Waals surface area contributed by atoms with E-state index in [2.05, 4.69) is 24.3 Å². The number of benzene rings is 3. The number of carboxylic acids is 1. The third kappa shape index (κ3) is 6.57. The summed E-state index contributed by atoms with van der Waals surface area (Å²) in [6, 6.07) is 24.0. The van der Waals surface area contributed by atoms with Gasteiger partial charge in [-0.2, -0.15) is 13.2 Å². The van der Waals surface area contributed by atoms with Crippen LogP contribution >= 0.6 is 34.8 Å². The van der Waals surface area contributed by atoms with Crippen LogP contribution in [0.2, 0.25) is 15.1 Å². The molecule has 0 radical (unpaired) electrons. The van der Waals surface area contributed by atoms with E-state index in [0.717, 1.165) is 4.90 Å². The normalized spacial score (nSPS) is 11.0. The van der Waals surface area contributed by atoms with Crippen LogP contribution in [0.1, 0.15) is 0 Å². The van der Waals surface area contributed by atoms with Gasteiger partial charge < -0.3 is 9.90 Å².